The molecule has 4 rings (SSSR count). The molecule has 0 saturated heterocycles. The molecule has 0 radical (unpaired) electrons. The third-order valence-corrected chi connectivity index (χ3v) is 6.55. The summed E-state index contributed by atoms with van der Waals surface area (Å²) in [6.07, 6.45) is 2.79. The lowest BCUT2D eigenvalue weighted by molar-refractivity contribution is -0.109. The fraction of sp³-hybridized carbons (Fsp3) is 0.270. The highest BCUT2D eigenvalue weighted by atomic mass is 16.2. The summed E-state index contributed by atoms with van der Waals surface area (Å²) in [5.74, 6) is -0.386. The zero-order chi connectivity index (χ0) is 32.0. The van der Waals surface area contributed by atoms with E-state index in [1.165, 1.54) is 16.7 Å². The number of carbonyl (C=O) groups excluding carboxylic acids is 3. The van der Waals surface area contributed by atoms with Crippen molar-refractivity contribution in [2.75, 3.05) is 20.1 Å². The Morgan fingerprint density at radius 2 is 1.27 bits per heavy atom. The Morgan fingerprint density at radius 3 is 1.86 bits per heavy atom. The Morgan fingerprint density at radius 1 is 0.659 bits per heavy atom. The van der Waals surface area contributed by atoms with Crippen molar-refractivity contribution in [3.8, 4) is 0 Å². The molecule has 0 heterocycles. The number of aryl methyl sites for hydroxylation is 3. The average molecular weight is 595 g/mol. The number of amides is 3. The first-order valence-corrected chi connectivity index (χ1v) is 15.0. The van der Waals surface area contributed by atoms with Crippen LogP contribution in [0.3, 0.4) is 0 Å². The highest BCUT2D eigenvalue weighted by Gasteiger charge is 2.11. The van der Waals surface area contributed by atoms with E-state index in [0.29, 0.717) is 17.7 Å². The van der Waals surface area contributed by atoms with Gasteiger partial charge in [0.05, 0.1) is 0 Å². The first-order valence-electron chi connectivity index (χ1n) is 15.0. The third-order valence-electron chi connectivity index (χ3n) is 6.55. The lowest BCUT2D eigenvalue weighted by Crippen LogP contribution is -2.24. The van der Waals surface area contributed by atoms with Crippen LogP contribution in [0, 0.1) is 13.8 Å². The fourth-order valence-corrected chi connectivity index (χ4v) is 4.17. The molecule has 0 aliphatic heterocycles. The second-order valence-electron chi connectivity index (χ2n) is 10.3. The van der Waals surface area contributed by atoms with E-state index < -0.39 is 0 Å². The van der Waals surface area contributed by atoms with Gasteiger partial charge in [-0.1, -0.05) is 97.4 Å². The molecule has 0 aliphatic rings. The standard InChI is InChI=1S/C17H18N2O2.C13H20N2O.C7H8/c1-12-8-14(16(20)18-2)10-15(9-12)17(21)19-11-13-6-4-3-5-7-13;1-2-12-5-3-6-13(9-12)10-14-7-4-8-15-11-16;1-7-5-3-2-4-6-7/h3-10H,11H2,1-2H3,(H,18,20)(H,19,21);3,5-6,9,11,14H,2,4,7-8,10H2,1H3,(H,15,16);2-6H,1H3. The molecule has 0 fully saturated rings. The smallest absolute Gasteiger partial charge is 0.251 e. The van der Waals surface area contributed by atoms with Crippen molar-refractivity contribution in [2.24, 2.45) is 0 Å². The van der Waals surface area contributed by atoms with Crippen LogP contribution in [-0.2, 0) is 24.3 Å². The maximum atomic E-state index is 12.2. The van der Waals surface area contributed by atoms with Gasteiger partial charge < -0.3 is 21.3 Å². The van der Waals surface area contributed by atoms with Crippen LogP contribution in [0.25, 0.3) is 0 Å². The topological polar surface area (TPSA) is 99.3 Å². The predicted molar refractivity (Wildman–Crippen MR) is 180 cm³/mol. The van der Waals surface area contributed by atoms with Crippen LogP contribution in [0.5, 0.6) is 0 Å². The molecule has 4 aromatic rings. The van der Waals surface area contributed by atoms with Gasteiger partial charge in [0.2, 0.25) is 6.41 Å². The van der Waals surface area contributed by atoms with Crippen LogP contribution in [0.1, 0.15) is 61.9 Å². The van der Waals surface area contributed by atoms with Crippen LogP contribution >= 0.6 is 0 Å². The summed E-state index contributed by atoms with van der Waals surface area (Å²) in [6, 6.07) is 33.7. The Bertz CT molecular complexity index is 1410. The van der Waals surface area contributed by atoms with Crippen molar-refractivity contribution in [2.45, 2.75) is 46.7 Å². The van der Waals surface area contributed by atoms with Crippen LogP contribution in [0.2, 0.25) is 0 Å². The van der Waals surface area contributed by atoms with Crippen LogP contribution < -0.4 is 21.3 Å². The average Bonchev–Trinajstić information content (AvgIpc) is 3.06. The maximum absolute atomic E-state index is 12.2. The minimum absolute atomic E-state index is 0.187. The van der Waals surface area contributed by atoms with Crippen molar-refractivity contribution >= 4 is 18.2 Å². The number of nitrogens with one attached hydrogen (secondary N) is 4. The minimum atomic E-state index is -0.198. The van der Waals surface area contributed by atoms with Gasteiger partial charge in [0.1, 0.15) is 0 Å². The molecule has 0 aliphatic carbocycles. The molecule has 44 heavy (non-hydrogen) atoms. The molecule has 4 N–H and O–H groups in total. The number of hydrogen-bond acceptors (Lipinski definition) is 4. The highest BCUT2D eigenvalue weighted by Crippen LogP contribution is 2.11. The van der Waals surface area contributed by atoms with E-state index in [2.05, 4.69) is 71.5 Å². The first-order chi connectivity index (χ1) is 21.4. The quantitative estimate of drug-likeness (QED) is 0.124. The van der Waals surface area contributed by atoms with E-state index in [0.717, 1.165) is 50.0 Å². The van der Waals surface area contributed by atoms with E-state index >= 15 is 0 Å². The van der Waals surface area contributed by atoms with Gasteiger partial charge in [0, 0.05) is 37.8 Å². The van der Waals surface area contributed by atoms with E-state index in [9.17, 15) is 14.4 Å². The van der Waals surface area contributed by atoms with E-state index in [1.807, 2.05) is 55.5 Å². The van der Waals surface area contributed by atoms with Crippen LogP contribution in [0.4, 0.5) is 0 Å². The zero-order valence-electron chi connectivity index (χ0n) is 26.4. The van der Waals surface area contributed by atoms with E-state index in [1.54, 1.807) is 25.2 Å². The Hall–Kier alpha value is -4.75. The van der Waals surface area contributed by atoms with Crippen molar-refractivity contribution in [3.63, 3.8) is 0 Å². The molecule has 7 nitrogen and oxygen atoms in total. The summed E-state index contributed by atoms with van der Waals surface area (Å²) in [6.45, 7) is 9.14. The molecule has 0 atom stereocenters. The Kier molecular flexibility index (Phi) is 16.9. The molecule has 4 aromatic carbocycles. The summed E-state index contributed by atoms with van der Waals surface area (Å²) >= 11 is 0. The van der Waals surface area contributed by atoms with Crippen molar-refractivity contribution in [3.05, 3.63) is 142 Å². The highest BCUT2D eigenvalue weighted by molar-refractivity contribution is 5.99. The Labute approximate surface area is 262 Å². The third kappa shape index (κ3) is 14.4. The number of benzene rings is 4. The summed E-state index contributed by atoms with van der Waals surface area (Å²) in [4.78, 5) is 33.9. The summed E-state index contributed by atoms with van der Waals surface area (Å²) < 4.78 is 0. The lowest BCUT2D eigenvalue weighted by atomic mass is 10.1. The van der Waals surface area contributed by atoms with Crippen LogP contribution in [0.15, 0.2) is 103 Å². The molecule has 3 amide bonds. The SMILES string of the molecule is CCc1cccc(CNCCCNC=O)c1.CNC(=O)c1cc(C)cc(C(=O)NCc2ccccc2)c1.Cc1ccccc1. The van der Waals surface area contributed by atoms with Gasteiger partial charge in [-0.2, -0.15) is 0 Å². The normalized spacial score (nSPS) is 9.82. The van der Waals surface area contributed by atoms with Crippen molar-refractivity contribution in [1.82, 2.24) is 21.3 Å². The monoisotopic (exact) mass is 594 g/mol. The Balaban J connectivity index is 0.000000258. The van der Waals surface area contributed by atoms with Gasteiger partial charge in [-0.3, -0.25) is 14.4 Å². The minimum Gasteiger partial charge on any atom is -0.359 e. The largest absolute Gasteiger partial charge is 0.359 e. The molecular formula is C37H46N4O3. The molecule has 0 spiro atoms. The number of carbonyl (C=O) groups is 3. The van der Waals surface area contributed by atoms with Crippen molar-refractivity contribution < 1.29 is 14.4 Å². The van der Waals surface area contributed by atoms with Crippen LogP contribution in [-0.4, -0.2) is 38.4 Å². The molecule has 0 unspecified atom stereocenters. The molecule has 0 saturated carbocycles. The summed E-state index contributed by atoms with van der Waals surface area (Å²) in [7, 11) is 1.57. The van der Waals surface area contributed by atoms with E-state index in [-0.39, 0.29) is 11.8 Å². The molecular weight excluding hydrogens is 548 g/mol. The van der Waals surface area contributed by atoms with Gasteiger partial charge in [-0.25, -0.2) is 0 Å². The number of rotatable bonds is 12. The maximum Gasteiger partial charge on any atom is 0.251 e. The summed E-state index contributed by atoms with van der Waals surface area (Å²) in [5, 5.41) is 11.4. The first kappa shape index (κ1) is 35.4. The molecule has 7 heteroatoms. The van der Waals surface area contributed by atoms with E-state index in [4.69, 9.17) is 0 Å². The second-order valence-corrected chi connectivity index (χ2v) is 10.3. The van der Waals surface area contributed by atoms with Gasteiger partial charge in [-0.15, -0.1) is 0 Å². The van der Waals surface area contributed by atoms with Gasteiger partial charge in [-0.05, 0) is 73.7 Å². The lowest BCUT2D eigenvalue weighted by Gasteiger charge is -2.08. The van der Waals surface area contributed by atoms with Crippen molar-refractivity contribution in [1.29, 1.82) is 0 Å². The van der Waals surface area contributed by atoms with Gasteiger partial charge in [0.15, 0.2) is 0 Å². The fourth-order valence-electron chi connectivity index (χ4n) is 4.17. The molecule has 232 valence electrons. The predicted octanol–water partition coefficient (Wildman–Crippen LogP) is 5.75. The molecule has 0 aromatic heterocycles. The van der Waals surface area contributed by atoms with Gasteiger partial charge >= 0.3 is 0 Å². The zero-order valence-corrected chi connectivity index (χ0v) is 26.4. The molecule has 0 bridgehead atoms. The second kappa shape index (κ2) is 21.0. The summed E-state index contributed by atoms with van der Waals surface area (Å²) in [5.41, 5.74) is 6.91. The number of hydrogen-bond donors (Lipinski definition) is 4. The van der Waals surface area contributed by atoms with Gasteiger partial charge in [0.25, 0.3) is 11.8 Å².